The van der Waals surface area contributed by atoms with Crippen LogP contribution in [0.25, 0.3) is 0 Å². The molecule has 2 fully saturated rings. The van der Waals surface area contributed by atoms with E-state index in [9.17, 15) is 4.79 Å². The second-order valence-corrected chi connectivity index (χ2v) is 3.86. The van der Waals surface area contributed by atoms with Crippen molar-refractivity contribution < 1.29 is 4.79 Å². The molecule has 0 aliphatic carbocycles. The van der Waals surface area contributed by atoms with Crippen LogP contribution in [0.15, 0.2) is 12.7 Å². The molecule has 0 aromatic heterocycles. The number of hydrogen-bond donors (Lipinski definition) is 1. The van der Waals surface area contributed by atoms with Crippen molar-refractivity contribution in [2.45, 2.75) is 18.9 Å². The van der Waals surface area contributed by atoms with Crippen LogP contribution in [0.5, 0.6) is 0 Å². The van der Waals surface area contributed by atoms with Gasteiger partial charge in [-0.25, -0.2) is 0 Å². The van der Waals surface area contributed by atoms with Gasteiger partial charge in [-0.05, 0) is 25.3 Å². The first-order valence-corrected chi connectivity index (χ1v) is 4.95. The van der Waals surface area contributed by atoms with Gasteiger partial charge in [-0.2, -0.15) is 0 Å². The van der Waals surface area contributed by atoms with E-state index in [2.05, 4.69) is 16.8 Å². The fraction of sp³-hybridized carbons (Fsp3) is 0.700. The molecule has 3 nitrogen and oxygen atoms in total. The molecule has 0 aromatic rings. The summed E-state index contributed by atoms with van der Waals surface area (Å²) < 4.78 is 0. The maximum absolute atomic E-state index is 11.6. The monoisotopic (exact) mass is 180 g/mol. The highest BCUT2D eigenvalue weighted by Gasteiger charge is 2.40. The van der Waals surface area contributed by atoms with Gasteiger partial charge in [0.25, 0.3) is 0 Å². The minimum absolute atomic E-state index is 0.131. The lowest BCUT2D eigenvalue weighted by molar-refractivity contribution is -0.128. The second kappa shape index (κ2) is 3.50. The number of piperidine rings is 1. The third kappa shape index (κ3) is 1.48. The van der Waals surface area contributed by atoms with Gasteiger partial charge in [0.05, 0.1) is 6.04 Å². The van der Waals surface area contributed by atoms with Gasteiger partial charge in [0.1, 0.15) is 0 Å². The molecule has 0 bridgehead atoms. The van der Waals surface area contributed by atoms with Crippen LogP contribution >= 0.6 is 0 Å². The quantitative estimate of drug-likeness (QED) is 0.623. The molecule has 1 N–H and O–H groups in total. The van der Waals surface area contributed by atoms with Crippen molar-refractivity contribution in [3.05, 3.63) is 12.7 Å². The van der Waals surface area contributed by atoms with E-state index in [1.807, 2.05) is 6.08 Å². The number of rotatable bonds is 2. The summed E-state index contributed by atoms with van der Waals surface area (Å²) in [4.78, 5) is 13.8. The second-order valence-electron chi connectivity index (χ2n) is 3.86. The topological polar surface area (TPSA) is 32.3 Å². The van der Waals surface area contributed by atoms with Gasteiger partial charge < -0.3 is 5.32 Å². The van der Waals surface area contributed by atoms with E-state index in [4.69, 9.17) is 0 Å². The molecule has 72 valence electrons. The van der Waals surface area contributed by atoms with Gasteiger partial charge in [0, 0.05) is 13.1 Å². The molecular weight excluding hydrogens is 164 g/mol. The van der Waals surface area contributed by atoms with E-state index in [0.717, 1.165) is 26.1 Å². The summed E-state index contributed by atoms with van der Waals surface area (Å²) in [5.41, 5.74) is 0. The molecule has 2 atom stereocenters. The predicted molar refractivity (Wildman–Crippen MR) is 51.3 cm³/mol. The minimum atomic E-state index is 0.131. The number of amides is 1. The molecule has 2 rings (SSSR count). The lowest BCUT2D eigenvalue weighted by Gasteiger charge is -2.30. The summed E-state index contributed by atoms with van der Waals surface area (Å²) in [6, 6.07) is 0.131. The van der Waals surface area contributed by atoms with Crippen LogP contribution in [-0.4, -0.2) is 36.5 Å². The number of likely N-dealkylation sites (tertiary alicyclic amines) is 1. The summed E-state index contributed by atoms with van der Waals surface area (Å²) in [5.74, 6) is 0.810. The largest absolute Gasteiger partial charge is 0.355 e. The highest BCUT2D eigenvalue weighted by atomic mass is 16.2. The number of fused-ring (bicyclic) bond motifs is 1. The molecule has 2 heterocycles. The highest BCUT2D eigenvalue weighted by molar-refractivity contribution is 5.83. The average molecular weight is 180 g/mol. The van der Waals surface area contributed by atoms with Crippen molar-refractivity contribution in [1.82, 2.24) is 10.2 Å². The van der Waals surface area contributed by atoms with Gasteiger partial charge in [-0.15, -0.1) is 6.58 Å². The Morgan fingerprint density at radius 1 is 1.62 bits per heavy atom. The smallest absolute Gasteiger partial charge is 0.237 e. The van der Waals surface area contributed by atoms with Crippen molar-refractivity contribution in [3.8, 4) is 0 Å². The van der Waals surface area contributed by atoms with E-state index < -0.39 is 0 Å². The summed E-state index contributed by atoms with van der Waals surface area (Å²) in [6.45, 7) is 6.47. The molecule has 3 heteroatoms. The molecule has 0 spiro atoms. The van der Waals surface area contributed by atoms with Crippen molar-refractivity contribution in [2.24, 2.45) is 5.92 Å². The van der Waals surface area contributed by atoms with Gasteiger partial charge in [-0.1, -0.05) is 6.08 Å². The zero-order chi connectivity index (χ0) is 9.26. The van der Waals surface area contributed by atoms with Crippen LogP contribution in [-0.2, 0) is 4.79 Å². The number of nitrogens with zero attached hydrogens (tertiary/aromatic N) is 1. The third-order valence-corrected chi connectivity index (χ3v) is 3.07. The first kappa shape index (κ1) is 8.75. The molecule has 2 unspecified atom stereocenters. The molecular formula is C10H16N2O. The lowest BCUT2D eigenvalue weighted by Crippen LogP contribution is -2.50. The summed E-state index contributed by atoms with van der Waals surface area (Å²) in [5, 5.41) is 2.93. The van der Waals surface area contributed by atoms with E-state index in [1.165, 1.54) is 6.42 Å². The Labute approximate surface area is 78.8 Å². The SMILES string of the molecule is C=CCN1CCC2CCNC(=O)C21. The molecule has 0 radical (unpaired) electrons. The Morgan fingerprint density at radius 2 is 2.46 bits per heavy atom. The third-order valence-electron chi connectivity index (χ3n) is 3.07. The molecule has 2 aliphatic rings. The Hall–Kier alpha value is -0.830. The van der Waals surface area contributed by atoms with Crippen molar-refractivity contribution in [1.29, 1.82) is 0 Å². The molecule has 2 aliphatic heterocycles. The average Bonchev–Trinajstić information content (AvgIpc) is 2.51. The first-order chi connectivity index (χ1) is 6.33. The Bertz CT molecular complexity index is 227. The van der Waals surface area contributed by atoms with Gasteiger partial charge in [0.2, 0.25) is 5.91 Å². The van der Waals surface area contributed by atoms with Gasteiger partial charge >= 0.3 is 0 Å². The molecule has 13 heavy (non-hydrogen) atoms. The summed E-state index contributed by atoms with van der Waals surface area (Å²) in [7, 11) is 0. The maximum Gasteiger partial charge on any atom is 0.237 e. The predicted octanol–water partition coefficient (Wildman–Crippen LogP) is 0.383. The van der Waals surface area contributed by atoms with Crippen LogP contribution in [0.1, 0.15) is 12.8 Å². The molecule has 0 saturated carbocycles. The van der Waals surface area contributed by atoms with E-state index in [1.54, 1.807) is 0 Å². The standard InChI is InChI=1S/C10H16N2O/c1-2-6-12-7-4-8-3-5-11-10(13)9(8)12/h2,8-9H,1,3-7H2,(H,11,13). The fourth-order valence-electron chi connectivity index (χ4n) is 2.46. The van der Waals surface area contributed by atoms with Crippen LogP contribution in [0.2, 0.25) is 0 Å². The normalized spacial score (nSPS) is 34.0. The zero-order valence-corrected chi connectivity index (χ0v) is 7.83. The Kier molecular flexibility index (Phi) is 2.36. The van der Waals surface area contributed by atoms with Crippen molar-refractivity contribution in [2.75, 3.05) is 19.6 Å². The van der Waals surface area contributed by atoms with Crippen LogP contribution in [0.3, 0.4) is 0 Å². The van der Waals surface area contributed by atoms with Crippen LogP contribution in [0.4, 0.5) is 0 Å². The first-order valence-electron chi connectivity index (χ1n) is 4.95. The molecule has 0 aromatic carbocycles. The molecule has 2 saturated heterocycles. The number of hydrogen-bond acceptors (Lipinski definition) is 2. The maximum atomic E-state index is 11.6. The van der Waals surface area contributed by atoms with Gasteiger partial charge in [-0.3, -0.25) is 9.69 Å². The van der Waals surface area contributed by atoms with Crippen LogP contribution in [0, 0.1) is 5.92 Å². The Morgan fingerprint density at radius 3 is 3.23 bits per heavy atom. The summed E-state index contributed by atoms with van der Waals surface area (Å²) in [6.07, 6.45) is 4.19. The van der Waals surface area contributed by atoms with E-state index >= 15 is 0 Å². The van der Waals surface area contributed by atoms with Crippen LogP contribution < -0.4 is 5.32 Å². The number of nitrogens with one attached hydrogen (secondary N) is 1. The van der Waals surface area contributed by atoms with Crippen molar-refractivity contribution >= 4 is 5.91 Å². The lowest BCUT2D eigenvalue weighted by atomic mass is 9.93. The van der Waals surface area contributed by atoms with E-state index in [0.29, 0.717) is 5.92 Å². The summed E-state index contributed by atoms with van der Waals surface area (Å²) >= 11 is 0. The fourth-order valence-corrected chi connectivity index (χ4v) is 2.46. The minimum Gasteiger partial charge on any atom is -0.355 e. The highest BCUT2D eigenvalue weighted by Crippen LogP contribution is 2.29. The van der Waals surface area contributed by atoms with E-state index in [-0.39, 0.29) is 11.9 Å². The van der Waals surface area contributed by atoms with Gasteiger partial charge in [0.15, 0.2) is 0 Å². The van der Waals surface area contributed by atoms with Crippen molar-refractivity contribution in [3.63, 3.8) is 0 Å². The number of carbonyl (C=O) groups is 1. The molecule has 1 amide bonds. The zero-order valence-electron chi connectivity index (χ0n) is 7.83. The Balaban J connectivity index is 2.08. The number of carbonyl (C=O) groups excluding carboxylic acids is 1.